The highest BCUT2D eigenvalue weighted by Gasteiger charge is 2.23. The van der Waals surface area contributed by atoms with E-state index in [1.165, 1.54) is 18.9 Å². The Hall–Kier alpha value is -0.780. The first-order valence-corrected chi connectivity index (χ1v) is 9.21. The zero-order valence-electron chi connectivity index (χ0n) is 12.5. The van der Waals surface area contributed by atoms with Gasteiger partial charge in [-0.1, -0.05) is 31.4 Å². The summed E-state index contributed by atoms with van der Waals surface area (Å²) in [7, 11) is -3.61. The summed E-state index contributed by atoms with van der Waals surface area (Å²) >= 11 is 6.06. The van der Waals surface area contributed by atoms with Crippen LogP contribution in [0.4, 0.5) is 5.69 Å². The Bertz CT molecular complexity index is 616. The lowest BCUT2D eigenvalue weighted by molar-refractivity contribution is 0.283. The van der Waals surface area contributed by atoms with Gasteiger partial charge in [0.15, 0.2) is 0 Å². The fourth-order valence-corrected chi connectivity index (χ4v) is 4.66. The minimum Gasteiger partial charge on any atom is -0.398 e. The van der Waals surface area contributed by atoms with Crippen LogP contribution in [0.15, 0.2) is 17.0 Å². The SMILES string of the molecule is Cc1cc(Cl)c(S(=O)(=O)NCC2CCCC(C)C2)cc1N. The average molecular weight is 331 g/mol. The number of rotatable bonds is 4. The number of hydrogen-bond donors (Lipinski definition) is 2. The Morgan fingerprint density at radius 1 is 1.38 bits per heavy atom. The molecular formula is C15H23ClN2O2S. The normalized spacial score (nSPS) is 23.2. The first kappa shape index (κ1) is 16.6. The second kappa shape index (κ2) is 6.55. The van der Waals surface area contributed by atoms with Gasteiger partial charge in [0.05, 0.1) is 5.02 Å². The summed E-state index contributed by atoms with van der Waals surface area (Å²) in [5.41, 5.74) is 7.01. The molecule has 0 radical (unpaired) electrons. The third kappa shape index (κ3) is 4.11. The van der Waals surface area contributed by atoms with E-state index in [-0.39, 0.29) is 9.92 Å². The van der Waals surface area contributed by atoms with Crippen LogP contribution < -0.4 is 10.5 Å². The number of nitrogen functional groups attached to an aromatic ring is 1. The molecule has 21 heavy (non-hydrogen) atoms. The van der Waals surface area contributed by atoms with Crippen LogP contribution in [0.3, 0.4) is 0 Å². The molecule has 0 saturated heterocycles. The van der Waals surface area contributed by atoms with Crippen molar-refractivity contribution in [3.05, 3.63) is 22.7 Å². The maximum atomic E-state index is 12.4. The molecule has 1 aromatic carbocycles. The molecule has 6 heteroatoms. The zero-order chi connectivity index (χ0) is 15.6. The summed E-state index contributed by atoms with van der Waals surface area (Å²) in [5, 5.41) is 0.214. The summed E-state index contributed by atoms with van der Waals surface area (Å²) in [5.74, 6) is 1.08. The van der Waals surface area contributed by atoms with E-state index in [1.54, 1.807) is 13.0 Å². The van der Waals surface area contributed by atoms with E-state index < -0.39 is 10.0 Å². The average Bonchev–Trinajstić information content (AvgIpc) is 2.41. The minimum atomic E-state index is -3.61. The van der Waals surface area contributed by atoms with Crippen molar-refractivity contribution in [1.29, 1.82) is 0 Å². The highest BCUT2D eigenvalue weighted by Crippen LogP contribution is 2.29. The zero-order valence-corrected chi connectivity index (χ0v) is 14.1. The van der Waals surface area contributed by atoms with Gasteiger partial charge in [-0.05, 0) is 49.3 Å². The van der Waals surface area contributed by atoms with Crippen LogP contribution in [0.1, 0.15) is 38.2 Å². The number of hydrogen-bond acceptors (Lipinski definition) is 3. The molecule has 0 amide bonds. The fraction of sp³-hybridized carbons (Fsp3) is 0.600. The van der Waals surface area contributed by atoms with Gasteiger partial charge in [0, 0.05) is 12.2 Å². The lowest BCUT2D eigenvalue weighted by atomic mass is 9.83. The maximum absolute atomic E-state index is 12.4. The number of nitrogens with two attached hydrogens (primary N) is 1. The van der Waals surface area contributed by atoms with E-state index in [0.29, 0.717) is 24.1 Å². The van der Waals surface area contributed by atoms with Gasteiger partial charge in [0.25, 0.3) is 0 Å². The lowest BCUT2D eigenvalue weighted by Gasteiger charge is -2.26. The smallest absolute Gasteiger partial charge is 0.242 e. The second-order valence-electron chi connectivity index (χ2n) is 6.13. The van der Waals surface area contributed by atoms with Crippen molar-refractivity contribution in [3.63, 3.8) is 0 Å². The molecule has 0 spiro atoms. The van der Waals surface area contributed by atoms with Crippen molar-refractivity contribution in [2.45, 2.75) is 44.4 Å². The summed E-state index contributed by atoms with van der Waals surface area (Å²) in [6.07, 6.45) is 4.57. The number of halogens is 1. The molecule has 0 bridgehead atoms. The van der Waals surface area contributed by atoms with Crippen molar-refractivity contribution < 1.29 is 8.42 Å². The Balaban J connectivity index is 2.10. The van der Waals surface area contributed by atoms with Gasteiger partial charge in [0.2, 0.25) is 10.0 Å². The monoisotopic (exact) mass is 330 g/mol. The van der Waals surface area contributed by atoms with E-state index in [9.17, 15) is 8.42 Å². The van der Waals surface area contributed by atoms with Gasteiger partial charge >= 0.3 is 0 Å². The molecular weight excluding hydrogens is 308 g/mol. The molecule has 0 heterocycles. The molecule has 2 unspecified atom stereocenters. The molecule has 0 aliphatic heterocycles. The van der Waals surface area contributed by atoms with Crippen LogP contribution >= 0.6 is 11.6 Å². The van der Waals surface area contributed by atoms with Crippen LogP contribution in [-0.2, 0) is 10.0 Å². The number of benzene rings is 1. The molecule has 2 atom stereocenters. The van der Waals surface area contributed by atoms with Gasteiger partial charge in [-0.2, -0.15) is 0 Å². The molecule has 0 aromatic heterocycles. The summed E-state index contributed by atoms with van der Waals surface area (Å²) in [6.45, 7) is 4.49. The summed E-state index contributed by atoms with van der Waals surface area (Å²) < 4.78 is 27.5. The number of sulfonamides is 1. The Morgan fingerprint density at radius 2 is 2.10 bits per heavy atom. The van der Waals surface area contributed by atoms with Gasteiger partial charge < -0.3 is 5.73 Å². The largest absolute Gasteiger partial charge is 0.398 e. The molecule has 3 N–H and O–H groups in total. The van der Waals surface area contributed by atoms with Gasteiger partial charge in [-0.25, -0.2) is 13.1 Å². The highest BCUT2D eigenvalue weighted by atomic mass is 35.5. The van der Waals surface area contributed by atoms with Crippen LogP contribution in [0.2, 0.25) is 5.02 Å². The molecule has 4 nitrogen and oxygen atoms in total. The summed E-state index contributed by atoms with van der Waals surface area (Å²) in [4.78, 5) is 0.0659. The predicted molar refractivity (Wildman–Crippen MR) is 86.9 cm³/mol. The minimum absolute atomic E-state index is 0.0659. The Morgan fingerprint density at radius 3 is 2.76 bits per heavy atom. The molecule has 118 valence electrons. The van der Waals surface area contributed by atoms with Gasteiger partial charge in [0.1, 0.15) is 4.90 Å². The topological polar surface area (TPSA) is 72.2 Å². The lowest BCUT2D eigenvalue weighted by Crippen LogP contribution is -2.31. The Labute approximate surface area is 132 Å². The molecule has 2 rings (SSSR count). The van der Waals surface area contributed by atoms with Crippen LogP contribution in [0.25, 0.3) is 0 Å². The van der Waals surface area contributed by atoms with Crippen LogP contribution in [-0.4, -0.2) is 15.0 Å². The first-order valence-electron chi connectivity index (χ1n) is 7.35. The van der Waals surface area contributed by atoms with Crippen molar-refractivity contribution in [1.82, 2.24) is 4.72 Å². The quantitative estimate of drug-likeness (QED) is 0.832. The van der Waals surface area contributed by atoms with E-state index in [2.05, 4.69) is 11.6 Å². The van der Waals surface area contributed by atoms with Crippen LogP contribution in [0, 0.1) is 18.8 Å². The molecule has 1 aliphatic carbocycles. The predicted octanol–water partition coefficient (Wildman–Crippen LogP) is 3.34. The standard InChI is InChI=1S/C15H23ClN2O2S/c1-10-4-3-5-12(6-10)9-18-21(19,20)15-8-14(17)11(2)7-13(15)16/h7-8,10,12,18H,3-6,9,17H2,1-2H3. The molecule has 1 saturated carbocycles. The Kier molecular flexibility index (Phi) is 5.17. The van der Waals surface area contributed by atoms with Crippen LogP contribution in [0.5, 0.6) is 0 Å². The van der Waals surface area contributed by atoms with E-state index >= 15 is 0 Å². The number of nitrogens with one attached hydrogen (secondary N) is 1. The van der Waals surface area contributed by atoms with Crippen molar-refractivity contribution in [3.8, 4) is 0 Å². The molecule has 1 aliphatic rings. The van der Waals surface area contributed by atoms with Crippen molar-refractivity contribution in [2.75, 3.05) is 12.3 Å². The van der Waals surface area contributed by atoms with Crippen molar-refractivity contribution in [2.24, 2.45) is 11.8 Å². The van der Waals surface area contributed by atoms with Gasteiger partial charge in [-0.3, -0.25) is 0 Å². The number of aryl methyl sites for hydroxylation is 1. The second-order valence-corrected chi connectivity index (χ2v) is 8.27. The highest BCUT2D eigenvalue weighted by molar-refractivity contribution is 7.89. The van der Waals surface area contributed by atoms with E-state index in [1.807, 2.05) is 0 Å². The third-order valence-electron chi connectivity index (χ3n) is 4.22. The molecule has 1 fully saturated rings. The molecule has 1 aromatic rings. The third-order valence-corrected chi connectivity index (χ3v) is 6.11. The van der Waals surface area contributed by atoms with E-state index in [0.717, 1.165) is 18.4 Å². The number of anilines is 1. The van der Waals surface area contributed by atoms with Crippen molar-refractivity contribution >= 4 is 27.3 Å². The summed E-state index contributed by atoms with van der Waals surface area (Å²) in [6, 6.07) is 3.03. The first-order chi connectivity index (χ1) is 9.79. The van der Waals surface area contributed by atoms with E-state index in [4.69, 9.17) is 17.3 Å². The maximum Gasteiger partial charge on any atom is 0.242 e. The van der Waals surface area contributed by atoms with Gasteiger partial charge in [-0.15, -0.1) is 0 Å². The fourth-order valence-electron chi connectivity index (χ4n) is 2.92.